The van der Waals surface area contributed by atoms with E-state index in [0.717, 1.165) is 70.2 Å². The van der Waals surface area contributed by atoms with Crippen LogP contribution < -0.4 is 15.2 Å². The van der Waals surface area contributed by atoms with E-state index in [2.05, 4.69) is 60.0 Å². The molecule has 2 heterocycles. The zero-order valence-corrected chi connectivity index (χ0v) is 20.5. The Morgan fingerprint density at radius 1 is 0.788 bits per heavy atom. The van der Waals surface area contributed by atoms with Crippen molar-refractivity contribution in [1.82, 2.24) is 9.80 Å². The van der Waals surface area contributed by atoms with Crippen LogP contribution in [0.15, 0.2) is 36.4 Å². The first-order valence-corrected chi connectivity index (χ1v) is 12.8. The van der Waals surface area contributed by atoms with Crippen molar-refractivity contribution in [1.29, 1.82) is 0 Å². The first-order valence-electron chi connectivity index (χ1n) is 12.8. The van der Waals surface area contributed by atoms with Gasteiger partial charge in [-0.2, -0.15) is 0 Å². The van der Waals surface area contributed by atoms with E-state index in [4.69, 9.17) is 15.2 Å². The van der Waals surface area contributed by atoms with Crippen LogP contribution in [0.25, 0.3) is 11.1 Å². The molecule has 1 unspecified atom stereocenters. The number of benzene rings is 2. The molecular formula is C28H41N3O2. The average molecular weight is 452 g/mol. The maximum Gasteiger partial charge on any atom is 0.122 e. The standard InChI is InChI=1S/C28H41N3O2/c1-22-25(9-5-11-27(22)32-19-7-16-30-14-3-4-15-30)26-10-6-12-28(23(26)2)33-20-8-17-31-18-13-24(29)21-31/h5-6,9-12,24H,3-4,7-8,13-21,29H2,1-2H3. The summed E-state index contributed by atoms with van der Waals surface area (Å²) in [5.74, 6) is 1.96. The second-order valence-corrected chi connectivity index (χ2v) is 9.66. The van der Waals surface area contributed by atoms with Gasteiger partial charge in [0.2, 0.25) is 0 Å². The monoisotopic (exact) mass is 451 g/mol. The lowest BCUT2D eigenvalue weighted by Crippen LogP contribution is -2.28. The van der Waals surface area contributed by atoms with Crippen molar-refractivity contribution in [2.75, 3.05) is 52.5 Å². The van der Waals surface area contributed by atoms with Gasteiger partial charge in [-0.1, -0.05) is 24.3 Å². The molecule has 2 aromatic rings. The molecule has 0 bridgehead atoms. The normalized spacial score (nSPS) is 19.3. The summed E-state index contributed by atoms with van der Waals surface area (Å²) in [5, 5.41) is 0. The molecule has 0 aliphatic carbocycles. The number of rotatable bonds is 11. The third-order valence-corrected chi connectivity index (χ3v) is 7.12. The Labute approximate surface area is 199 Å². The predicted molar refractivity (Wildman–Crippen MR) is 136 cm³/mol. The molecular weight excluding hydrogens is 410 g/mol. The number of nitrogens with two attached hydrogens (primary N) is 1. The summed E-state index contributed by atoms with van der Waals surface area (Å²) in [5.41, 5.74) is 10.8. The number of ether oxygens (including phenoxy) is 2. The van der Waals surface area contributed by atoms with Crippen LogP contribution >= 0.6 is 0 Å². The van der Waals surface area contributed by atoms with E-state index in [9.17, 15) is 0 Å². The fourth-order valence-corrected chi connectivity index (χ4v) is 5.14. The fourth-order valence-electron chi connectivity index (χ4n) is 5.14. The third kappa shape index (κ3) is 6.50. The minimum atomic E-state index is 0.345. The third-order valence-electron chi connectivity index (χ3n) is 7.12. The maximum absolute atomic E-state index is 6.19. The number of hydrogen-bond acceptors (Lipinski definition) is 5. The Morgan fingerprint density at radius 2 is 1.33 bits per heavy atom. The van der Waals surface area contributed by atoms with E-state index >= 15 is 0 Å². The summed E-state index contributed by atoms with van der Waals surface area (Å²) >= 11 is 0. The molecule has 180 valence electrons. The first kappa shape index (κ1) is 24.1. The van der Waals surface area contributed by atoms with Crippen LogP contribution in [0.1, 0.15) is 43.2 Å². The van der Waals surface area contributed by atoms with E-state index in [-0.39, 0.29) is 0 Å². The molecule has 0 aromatic heterocycles. The average Bonchev–Trinajstić information content (AvgIpc) is 3.48. The predicted octanol–water partition coefficient (Wildman–Crippen LogP) is 4.64. The molecule has 4 rings (SSSR count). The molecule has 0 radical (unpaired) electrons. The second-order valence-electron chi connectivity index (χ2n) is 9.66. The molecule has 0 amide bonds. The van der Waals surface area contributed by atoms with Gasteiger partial charge in [0.15, 0.2) is 0 Å². The Morgan fingerprint density at radius 3 is 1.85 bits per heavy atom. The molecule has 2 aliphatic rings. The van der Waals surface area contributed by atoms with Crippen LogP contribution in [0.2, 0.25) is 0 Å². The number of nitrogens with zero attached hydrogens (tertiary/aromatic N) is 2. The highest BCUT2D eigenvalue weighted by Gasteiger charge is 2.18. The molecule has 2 N–H and O–H groups in total. The molecule has 0 saturated carbocycles. The van der Waals surface area contributed by atoms with Gasteiger partial charge in [-0.15, -0.1) is 0 Å². The topological polar surface area (TPSA) is 51.0 Å². The lowest BCUT2D eigenvalue weighted by atomic mass is 9.95. The minimum absolute atomic E-state index is 0.345. The first-order chi connectivity index (χ1) is 16.1. The molecule has 5 nitrogen and oxygen atoms in total. The van der Waals surface area contributed by atoms with Gasteiger partial charge in [0.05, 0.1) is 13.2 Å². The van der Waals surface area contributed by atoms with Crippen molar-refractivity contribution < 1.29 is 9.47 Å². The van der Waals surface area contributed by atoms with Crippen molar-refractivity contribution >= 4 is 0 Å². The van der Waals surface area contributed by atoms with Crippen LogP contribution in [-0.2, 0) is 0 Å². The lowest BCUT2D eigenvalue weighted by molar-refractivity contribution is 0.261. The fraction of sp³-hybridized carbons (Fsp3) is 0.571. The van der Waals surface area contributed by atoms with Crippen molar-refractivity contribution in [2.45, 2.75) is 52.0 Å². The van der Waals surface area contributed by atoms with Gasteiger partial charge >= 0.3 is 0 Å². The van der Waals surface area contributed by atoms with E-state index in [1.165, 1.54) is 48.2 Å². The SMILES string of the molecule is Cc1c(OCCCN2CCCC2)cccc1-c1cccc(OCCCN2CCC(N)C2)c1C. The van der Waals surface area contributed by atoms with Gasteiger partial charge in [-0.3, -0.25) is 0 Å². The zero-order chi connectivity index (χ0) is 23.0. The molecule has 1 atom stereocenters. The number of hydrogen-bond donors (Lipinski definition) is 1. The number of likely N-dealkylation sites (tertiary alicyclic amines) is 2. The molecule has 2 aliphatic heterocycles. The summed E-state index contributed by atoms with van der Waals surface area (Å²) in [4.78, 5) is 4.98. The van der Waals surface area contributed by atoms with Gasteiger partial charge in [0.1, 0.15) is 11.5 Å². The molecule has 2 fully saturated rings. The van der Waals surface area contributed by atoms with E-state index in [0.29, 0.717) is 6.04 Å². The molecule has 33 heavy (non-hydrogen) atoms. The van der Waals surface area contributed by atoms with E-state index < -0.39 is 0 Å². The van der Waals surface area contributed by atoms with Gasteiger partial charge < -0.3 is 25.0 Å². The Bertz CT molecular complexity index is 895. The highest BCUT2D eigenvalue weighted by Crippen LogP contribution is 2.35. The highest BCUT2D eigenvalue weighted by molar-refractivity contribution is 5.74. The van der Waals surface area contributed by atoms with Crippen LogP contribution in [-0.4, -0.2) is 68.3 Å². The van der Waals surface area contributed by atoms with Crippen molar-refractivity contribution in [2.24, 2.45) is 5.73 Å². The molecule has 2 aromatic carbocycles. The highest BCUT2D eigenvalue weighted by atomic mass is 16.5. The minimum Gasteiger partial charge on any atom is -0.493 e. The Balaban J connectivity index is 1.33. The van der Waals surface area contributed by atoms with Crippen molar-refractivity contribution in [3.05, 3.63) is 47.5 Å². The van der Waals surface area contributed by atoms with Gasteiger partial charge in [-0.05, 0) is 100.0 Å². The second kappa shape index (κ2) is 11.9. The summed E-state index contributed by atoms with van der Waals surface area (Å²) in [6.07, 6.45) is 5.91. The van der Waals surface area contributed by atoms with Crippen LogP contribution in [0.5, 0.6) is 11.5 Å². The summed E-state index contributed by atoms with van der Waals surface area (Å²) in [6, 6.07) is 13.1. The van der Waals surface area contributed by atoms with Crippen LogP contribution in [0.4, 0.5) is 0 Å². The van der Waals surface area contributed by atoms with Crippen molar-refractivity contribution in [3.8, 4) is 22.6 Å². The quantitative estimate of drug-likeness (QED) is 0.505. The molecule has 0 spiro atoms. The summed E-state index contributed by atoms with van der Waals surface area (Å²) in [6.45, 7) is 12.7. The smallest absolute Gasteiger partial charge is 0.122 e. The van der Waals surface area contributed by atoms with Crippen LogP contribution in [0, 0.1) is 13.8 Å². The summed E-state index contributed by atoms with van der Waals surface area (Å²) < 4.78 is 12.4. The Kier molecular flexibility index (Phi) is 8.65. The Hall–Kier alpha value is -2.08. The van der Waals surface area contributed by atoms with Gasteiger partial charge in [0.25, 0.3) is 0 Å². The van der Waals surface area contributed by atoms with E-state index in [1.807, 2.05) is 0 Å². The van der Waals surface area contributed by atoms with Crippen LogP contribution in [0.3, 0.4) is 0 Å². The molecule has 5 heteroatoms. The van der Waals surface area contributed by atoms with Crippen molar-refractivity contribution in [3.63, 3.8) is 0 Å². The van der Waals surface area contributed by atoms with Gasteiger partial charge in [-0.25, -0.2) is 0 Å². The lowest BCUT2D eigenvalue weighted by Gasteiger charge is -2.18. The summed E-state index contributed by atoms with van der Waals surface area (Å²) in [7, 11) is 0. The van der Waals surface area contributed by atoms with E-state index in [1.54, 1.807) is 0 Å². The zero-order valence-electron chi connectivity index (χ0n) is 20.5. The van der Waals surface area contributed by atoms with Gasteiger partial charge in [0, 0.05) is 25.7 Å². The maximum atomic E-state index is 6.19. The molecule has 2 saturated heterocycles. The largest absolute Gasteiger partial charge is 0.493 e.